The van der Waals surface area contributed by atoms with E-state index in [9.17, 15) is 9.18 Å². The van der Waals surface area contributed by atoms with E-state index < -0.39 is 0 Å². The third-order valence-corrected chi connectivity index (χ3v) is 5.86. The number of halogens is 1. The second-order valence-electron chi connectivity index (χ2n) is 8.20. The molecule has 2 aliphatic heterocycles. The second kappa shape index (κ2) is 8.44. The molecule has 1 aromatic heterocycles. The highest BCUT2D eigenvalue weighted by molar-refractivity contribution is 5.92. The molecule has 2 aromatic carbocycles. The van der Waals surface area contributed by atoms with Crippen molar-refractivity contribution in [2.45, 2.75) is 32.1 Å². The van der Waals surface area contributed by atoms with Crippen molar-refractivity contribution in [3.63, 3.8) is 0 Å². The van der Waals surface area contributed by atoms with Gasteiger partial charge in [0.15, 0.2) is 5.69 Å². The summed E-state index contributed by atoms with van der Waals surface area (Å²) in [6, 6.07) is 15.6. The number of rotatable bonds is 4. The van der Waals surface area contributed by atoms with Gasteiger partial charge in [-0.15, -0.1) is 0 Å². The van der Waals surface area contributed by atoms with Crippen LogP contribution >= 0.6 is 0 Å². The van der Waals surface area contributed by atoms with Crippen molar-refractivity contribution >= 4 is 5.91 Å². The van der Waals surface area contributed by atoms with E-state index >= 15 is 0 Å². The number of nitriles is 1. The van der Waals surface area contributed by atoms with Gasteiger partial charge in [0.2, 0.25) is 0 Å². The summed E-state index contributed by atoms with van der Waals surface area (Å²) in [5.41, 5.74) is 3.91. The number of hydrogen-bond donors (Lipinski definition) is 1. The molecule has 0 bridgehead atoms. The third-order valence-electron chi connectivity index (χ3n) is 5.86. The number of aromatic nitrogens is 2. The summed E-state index contributed by atoms with van der Waals surface area (Å²) in [6.45, 7) is 3.27. The lowest BCUT2D eigenvalue weighted by molar-refractivity contribution is 0.0909. The first kappa shape index (κ1) is 20.2. The van der Waals surface area contributed by atoms with Crippen molar-refractivity contribution in [3.8, 4) is 11.8 Å². The van der Waals surface area contributed by atoms with Crippen molar-refractivity contribution in [1.82, 2.24) is 20.0 Å². The Morgan fingerprint density at radius 1 is 1.22 bits per heavy atom. The Balaban J connectivity index is 1.22. The summed E-state index contributed by atoms with van der Waals surface area (Å²) in [5.74, 6) is 0.289. The monoisotopic (exact) mass is 431 g/mol. The largest absolute Gasteiger partial charge is 0.491 e. The van der Waals surface area contributed by atoms with Gasteiger partial charge in [-0.2, -0.15) is 10.4 Å². The van der Waals surface area contributed by atoms with Gasteiger partial charge in [-0.1, -0.05) is 12.1 Å². The normalized spacial score (nSPS) is 17.6. The van der Waals surface area contributed by atoms with Crippen LogP contribution in [-0.4, -0.2) is 39.8 Å². The number of carbonyl (C=O) groups excluding carboxylic acids is 1. The summed E-state index contributed by atoms with van der Waals surface area (Å²) >= 11 is 0. The fourth-order valence-corrected chi connectivity index (χ4v) is 4.23. The van der Waals surface area contributed by atoms with E-state index in [1.54, 1.807) is 30.3 Å². The molecule has 1 atom stereocenters. The Bertz CT molecular complexity index is 1200. The lowest BCUT2D eigenvalue weighted by Crippen LogP contribution is -2.42. The molecular weight excluding hydrogens is 409 g/mol. The Labute approximate surface area is 185 Å². The summed E-state index contributed by atoms with van der Waals surface area (Å²) in [6.07, 6.45) is 0.607. The Morgan fingerprint density at radius 3 is 2.88 bits per heavy atom. The van der Waals surface area contributed by atoms with Crippen LogP contribution in [0.1, 0.15) is 32.9 Å². The van der Waals surface area contributed by atoms with Crippen molar-refractivity contribution in [3.05, 3.63) is 82.4 Å². The molecule has 0 spiro atoms. The van der Waals surface area contributed by atoms with Gasteiger partial charge in [0.1, 0.15) is 18.2 Å². The van der Waals surface area contributed by atoms with Crippen LogP contribution in [0.15, 0.2) is 48.5 Å². The molecule has 0 unspecified atom stereocenters. The van der Waals surface area contributed by atoms with Crippen molar-refractivity contribution in [2.24, 2.45) is 0 Å². The molecule has 0 saturated carbocycles. The second-order valence-corrected chi connectivity index (χ2v) is 8.20. The fourth-order valence-electron chi connectivity index (χ4n) is 4.23. The van der Waals surface area contributed by atoms with E-state index in [0.717, 1.165) is 35.7 Å². The minimum absolute atomic E-state index is 0.183. The quantitative estimate of drug-likeness (QED) is 0.687. The number of hydrogen-bond acceptors (Lipinski definition) is 5. The molecular formula is C24H22FN5O2. The van der Waals surface area contributed by atoms with Crippen LogP contribution in [0.2, 0.25) is 0 Å². The molecule has 32 heavy (non-hydrogen) atoms. The van der Waals surface area contributed by atoms with Gasteiger partial charge < -0.3 is 10.1 Å². The number of benzene rings is 2. The maximum Gasteiger partial charge on any atom is 0.272 e. The summed E-state index contributed by atoms with van der Waals surface area (Å²) < 4.78 is 20.8. The predicted octanol–water partition coefficient (Wildman–Crippen LogP) is 2.64. The van der Waals surface area contributed by atoms with Gasteiger partial charge in [0.05, 0.1) is 29.9 Å². The summed E-state index contributed by atoms with van der Waals surface area (Å²) in [5, 5.41) is 16.6. The number of nitrogens with one attached hydrogen (secondary N) is 1. The van der Waals surface area contributed by atoms with Gasteiger partial charge >= 0.3 is 0 Å². The molecule has 0 aliphatic carbocycles. The van der Waals surface area contributed by atoms with Crippen molar-refractivity contribution < 1.29 is 13.9 Å². The summed E-state index contributed by atoms with van der Waals surface area (Å²) in [7, 11) is 0. The lowest BCUT2D eigenvalue weighted by atomic mass is 10.0. The van der Waals surface area contributed by atoms with Gasteiger partial charge in [-0.25, -0.2) is 4.39 Å². The first-order valence-electron chi connectivity index (χ1n) is 10.6. The molecule has 0 radical (unpaired) electrons. The van der Waals surface area contributed by atoms with Gasteiger partial charge in [-0.3, -0.25) is 14.4 Å². The molecule has 3 aromatic rings. The van der Waals surface area contributed by atoms with Crippen LogP contribution in [0, 0.1) is 17.1 Å². The number of carbonyl (C=O) groups is 1. The Hall–Kier alpha value is -3.70. The van der Waals surface area contributed by atoms with E-state index in [4.69, 9.17) is 10.00 Å². The van der Waals surface area contributed by atoms with E-state index in [1.165, 1.54) is 12.1 Å². The molecule has 5 rings (SSSR count). The van der Waals surface area contributed by atoms with Crippen LogP contribution in [0.3, 0.4) is 0 Å². The molecule has 162 valence electrons. The number of ether oxygens (including phenoxy) is 1. The lowest BCUT2D eigenvalue weighted by Gasteiger charge is -2.27. The molecule has 7 nitrogen and oxygen atoms in total. The maximum absolute atomic E-state index is 13.1. The van der Waals surface area contributed by atoms with Crippen LogP contribution in [0.25, 0.3) is 0 Å². The van der Waals surface area contributed by atoms with Gasteiger partial charge in [-0.05, 0) is 53.9 Å². The van der Waals surface area contributed by atoms with E-state index in [1.807, 2.05) is 10.7 Å². The minimum Gasteiger partial charge on any atom is -0.491 e. The molecule has 1 amide bonds. The first-order chi connectivity index (χ1) is 15.6. The highest BCUT2D eigenvalue weighted by Gasteiger charge is 2.25. The number of fused-ring (bicyclic) bond motifs is 2. The maximum atomic E-state index is 13.1. The van der Waals surface area contributed by atoms with Crippen LogP contribution < -0.4 is 10.1 Å². The highest BCUT2D eigenvalue weighted by atomic mass is 19.1. The molecule has 2 aliphatic rings. The van der Waals surface area contributed by atoms with Gasteiger partial charge in [0, 0.05) is 19.6 Å². The predicted molar refractivity (Wildman–Crippen MR) is 114 cm³/mol. The molecule has 1 N–H and O–H groups in total. The van der Waals surface area contributed by atoms with E-state index in [2.05, 4.69) is 21.4 Å². The Morgan fingerprint density at radius 2 is 2.06 bits per heavy atom. The van der Waals surface area contributed by atoms with Crippen molar-refractivity contribution in [2.75, 3.05) is 13.2 Å². The fraction of sp³-hybridized carbons (Fsp3) is 0.292. The average Bonchev–Trinajstić information content (AvgIpc) is 3.24. The van der Waals surface area contributed by atoms with E-state index in [0.29, 0.717) is 37.4 Å². The topological polar surface area (TPSA) is 83.2 Å². The zero-order valence-electron chi connectivity index (χ0n) is 17.4. The standard InChI is InChI=1S/C24H22FN5O2/c25-19-4-1-16(2-5-19)13-29-7-8-30-21(14-29)11-22(28-30)24(31)27-20-10-18-9-17(12-26)3-6-23(18)32-15-20/h1-6,9,11,20H,7-8,10,13-15H2,(H,27,31)/t20-/m1/s1. The van der Waals surface area contributed by atoms with Gasteiger partial charge in [0.25, 0.3) is 5.91 Å². The molecule has 8 heteroatoms. The molecule has 0 fully saturated rings. The smallest absolute Gasteiger partial charge is 0.272 e. The average molecular weight is 431 g/mol. The zero-order chi connectivity index (χ0) is 22.1. The zero-order valence-corrected chi connectivity index (χ0v) is 17.4. The first-order valence-corrected chi connectivity index (χ1v) is 10.6. The molecule has 3 heterocycles. The minimum atomic E-state index is -0.238. The number of nitrogens with zero attached hydrogens (tertiary/aromatic N) is 4. The van der Waals surface area contributed by atoms with Crippen LogP contribution in [0.5, 0.6) is 5.75 Å². The van der Waals surface area contributed by atoms with E-state index in [-0.39, 0.29) is 17.8 Å². The Kier molecular flexibility index (Phi) is 5.33. The van der Waals surface area contributed by atoms with Crippen LogP contribution in [0.4, 0.5) is 4.39 Å². The molecule has 0 saturated heterocycles. The van der Waals surface area contributed by atoms with Crippen molar-refractivity contribution in [1.29, 1.82) is 5.26 Å². The summed E-state index contributed by atoms with van der Waals surface area (Å²) in [4.78, 5) is 15.1. The highest BCUT2D eigenvalue weighted by Crippen LogP contribution is 2.26. The van der Waals surface area contributed by atoms with Crippen LogP contribution in [-0.2, 0) is 26.1 Å². The third kappa shape index (κ3) is 4.20. The number of amides is 1. The SMILES string of the molecule is N#Cc1ccc2c(c1)C[C@@H](NC(=O)c1cc3n(n1)CCN(Cc1ccc(F)cc1)C3)CO2.